The van der Waals surface area contributed by atoms with Gasteiger partial charge in [0.1, 0.15) is 23.8 Å². The fourth-order valence-corrected chi connectivity index (χ4v) is 3.56. The first kappa shape index (κ1) is 23.2. The highest BCUT2D eigenvalue weighted by atomic mass is 19.1. The molecule has 4 rings (SSSR count). The number of aromatic nitrogens is 3. The van der Waals surface area contributed by atoms with Crippen molar-refractivity contribution >= 4 is 17.1 Å². The number of H-pyrrole nitrogens is 1. The lowest BCUT2D eigenvalue weighted by Crippen LogP contribution is -2.36. The number of carbonyl (C=O) groups is 1. The first-order valence-corrected chi connectivity index (χ1v) is 11.0. The number of amides is 1. The van der Waals surface area contributed by atoms with Gasteiger partial charge in [-0.25, -0.2) is 9.18 Å². The first-order chi connectivity index (χ1) is 16.2. The fraction of sp³-hybridized carbons (Fsp3) is 0.269. The fourth-order valence-electron chi connectivity index (χ4n) is 3.56. The zero-order valence-corrected chi connectivity index (χ0v) is 19.6. The molecule has 0 aliphatic carbocycles. The number of nitrogens with zero attached hydrogens (tertiary/aromatic N) is 3. The van der Waals surface area contributed by atoms with Gasteiger partial charge in [0.25, 0.3) is 0 Å². The number of aromatic amines is 1. The topological polar surface area (TPSA) is 80.3 Å². The Morgan fingerprint density at radius 3 is 2.65 bits per heavy atom. The molecule has 0 aliphatic rings. The maximum atomic E-state index is 13.9. The molecule has 176 valence electrons. The van der Waals surface area contributed by atoms with Gasteiger partial charge in [-0.05, 0) is 32.4 Å². The maximum Gasteiger partial charge on any atom is 0.410 e. The highest BCUT2D eigenvalue weighted by molar-refractivity contribution is 6.02. The number of nitrogens with one attached hydrogen (secondary N) is 1. The summed E-state index contributed by atoms with van der Waals surface area (Å²) in [5.41, 5.74) is 3.97. The second kappa shape index (κ2) is 9.51. The molecule has 34 heavy (non-hydrogen) atoms. The number of likely N-dealkylation sites (N-methyl/N-ethyl adjacent to an activating group) is 1. The van der Waals surface area contributed by atoms with Gasteiger partial charge in [-0.15, -0.1) is 0 Å². The van der Waals surface area contributed by atoms with Crippen LogP contribution in [0.1, 0.15) is 20.8 Å². The van der Waals surface area contributed by atoms with Gasteiger partial charge < -0.3 is 19.4 Å². The standard InChI is InChI=1S/C26H27FN4O3/c1-26(2,3)34-25(32)31(4)12-13-33-21-16-28-11-10-19(21)23-22(17-8-6-5-7-9-17)24-20(30-23)14-18(27)15-29-24/h5-11,14-16,30H,12-13H2,1-4H3. The van der Waals surface area contributed by atoms with Gasteiger partial charge >= 0.3 is 6.09 Å². The van der Waals surface area contributed by atoms with Gasteiger partial charge in [0, 0.05) is 30.4 Å². The Morgan fingerprint density at radius 2 is 1.91 bits per heavy atom. The second-order valence-electron chi connectivity index (χ2n) is 8.91. The quantitative estimate of drug-likeness (QED) is 0.399. The van der Waals surface area contributed by atoms with Gasteiger partial charge in [0.05, 0.1) is 35.7 Å². The summed E-state index contributed by atoms with van der Waals surface area (Å²) in [6, 6.07) is 13.0. The maximum absolute atomic E-state index is 13.9. The molecule has 1 amide bonds. The molecule has 3 heterocycles. The minimum absolute atomic E-state index is 0.238. The molecule has 0 bridgehead atoms. The summed E-state index contributed by atoms with van der Waals surface area (Å²) in [4.78, 5) is 25.5. The van der Waals surface area contributed by atoms with Crippen LogP contribution in [0.4, 0.5) is 9.18 Å². The van der Waals surface area contributed by atoms with Crippen molar-refractivity contribution in [2.75, 3.05) is 20.2 Å². The summed E-state index contributed by atoms with van der Waals surface area (Å²) in [7, 11) is 1.66. The van der Waals surface area contributed by atoms with E-state index in [1.54, 1.807) is 19.4 Å². The van der Waals surface area contributed by atoms with Crippen LogP contribution >= 0.6 is 0 Å². The summed E-state index contributed by atoms with van der Waals surface area (Å²) in [6.07, 6.45) is 4.08. The molecule has 0 aliphatic heterocycles. The number of hydrogen-bond acceptors (Lipinski definition) is 5. The molecule has 0 saturated carbocycles. The van der Waals surface area contributed by atoms with Gasteiger partial charge in [-0.1, -0.05) is 30.3 Å². The summed E-state index contributed by atoms with van der Waals surface area (Å²) < 4.78 is 25.3. The lowest BCUT2D eigenvalue weighted by Gasteiger charge is -2.24. The average molecular weight is 463 g/mol. The Morgan fingerprint density at radius 1 is 1.15 bits per heavy atom. The normalized spacial score (nSPS) is 11.4. The molecular weight excluding hydrogens is 435 g/mol. The van der Waals surface area contributed by atoms with E-state index in [0.29, 0.717) is 23.3 Å². The number of rotatable bonds is 6. The van der Waals surface area contributed by atoms with Gasteiger partial charge in [-0.3, -0.25) is 9.97 Å². The highest BCUT2D eigenvalue weighted by Crippen LogP contribution is 2.40. The Balaban J connectivity index is 1.64. The van der Waals surface area contributed by atoms with E-state index < -0.39 is 17.5 Å². The minimum atomic E-state index is -0.570. The van der Waals surface area contributed by atoms with Crippen molar-refractivity contribution in [3.05, 3.63) is 66.9 Å². The summed E-state index contributed by atoms with van der Waals surface area (Å²) in [5, 5.41) is 0. The van der Waals surface area contributed by atoms with Crippen molar-refractivity contribution in [2.45, 2.75) is 26.4 Å². The van der Waals surface area contributed by atoms with Crippen LogP contribution in [0, 0.1) is 5.82 Å². The summed E-state index contributed by atoms with van der Waals surface area (Å²) >= 11 is 0. The molecule has 0 atom stereocenters. The lowest BCUT2D eigenvalue weighted by molar-refractivity contribution is 0.0278. The molecule has 3 aromatic heterocycles. The van der Waals surface area contributed by atoms with Crippen LogP contribution in [0.15, 0.2) is 61.1 Å². The molecule has 0 saturated heterocycles. The van der Waals surface area contributed by atoms with Crippen molar-refractivity contribution in [2.24, 2.45) is 0 Å². The predicted octanol–water partition coefficient (Wildman–Crippen LogP) is 5.68. The summed E-state index contributed by atoms with van der Waals surface area (Å²) in [6.45, 7) is 6.03. The second-order valence-corrected chi connectivity index (χ2v) is 8.91. The Kier molecular flexibility index (Phi) is 6.49. The molecule has 1 N–H and O–H groups in total. The van der Waals surface area contributed by atoms with Crippen LogP contribution < -0.4 is 4.74 Å². The Labute approximate surface area is 197 Å². The predicted molar refractivity (Wildman–Crippen MR) is 129 cm³/mol. The zero-order chi connectivity index (χ0) is 24.3. The number of benzene rings is 1. The van der Waals surface area contributed by atoms with E-state index in [2.05, 4.69) is 15.0 Å². The van der Waals surface area contributed by atoms with Crippen molar-refractivity contribution in [3.8, 4) is 28.1 Å². The van der Waals surface area contributed by atoms with E-state index >= 15 is 0 Å². The monoisotopic (exact) mass is 462 g/mol. The first-order valence-electron chi connectivity index (χ1n) is 11.0. The van der Waals surface area contributed by atoms with E-state index in [4.69, 9.17) is 9.47 Å². The van der Waals surface area contributed by atoms with E-state index in [-0.39, 0.29) is 6.61 Å². The van der Waals surface area contributed by atoms with Crippen molar-refractivity contribution in [1.29, 1.82) is 0 Å². The third-order valence-corrected chi connectivity index (χ3v) is 5.11. The molecule has 7 nitrogen and oxygen atoms in total. The molecule has 0 fully saturated rings. The molecule has 0 radical (unpaired) electrons. The van der Waals surface area contributed by atoms with Gasteiger partial charge in [-0.2, -0.15) is 0 Å². The lowest BCUT2D eigenvalue weighted by atomic mass is 10.0. The minimum Gasteiger partial charge on any atom is -0.489 e. The Bertz CT molecular complexity index is 1300. The van der Waals surface area contributed by atoms with E-state index in [0.717, 1.165) is 22.4 Å². The smallest absolute Gasteiger partial charge is 0.410 e. The number of pyridine rings is 2. The van der Waals surface area contributed by atoms with E-state index in [1.807, 2.05) is 57.2 Å². The molecular formula is C26H27FN4O3. The third kappa shape index (κ3) is 5.17. The molecule has 4 aromatic rings. The molecule has 0 unspecified atom stereocenters. The zero-order valence-electron chi connectivity index (χ0n) is 19.6. The Hall–Kier alpha value is -3.94. The van der Waals surface area contributed by atoms with Crippen LogP contribution in [0.25, 0.3) is 33.4 Å². The van der Waals surface area contributed by atoms with Crippen LogP contribution in [-0.4, -0.2) is 51.7 Å². The number of ether oxygens (including phenoxy) is 2. The third-order valence-electron chi connectivity index (χ3n) is 5.11. The number of hydrogen-bond donors (Lipinski definition) is 1. The highest BCUT2D eigenvalue weighted by Gasteiger charge is 2.21. The molecule has 0 spiro atoms. The average Bonchev–Trinajstić information content (AvgIpc) is 3.17. The van der Waals surface area contributed by atoms with Crippen molar-refractivity contribution < 1.29 is 18.7 Å². The number of fused-ring (bicyclic) bond motifs is 1. The van der Waals surface area contributed by atoms with E-state index in [1.165, 1.54) is 17.2 Å². The van der Waals surface area contributed by atoms with E-state index in [9.17, 15) is 9.18 Å². The molecule has 1 aromatic carbocycles. The molecule has 8 heteroatoms. The SMILES string of the molecule is CN(CCOc1cnccc1-c1[nH]c2cc(F)cnc2c1-c1ccccc1)C(=O)OC(C)(C)C. The van der Waals surface area contributed by atoms with Gasteiger partial charge in [0.15, 0.2) is 0 Å². The largest absolute Gasteiger partial charge is 0.489 e. The number of halogens is 1. The van der Waals surface area contributed by atoms with Crippen LogP contribution in [0.3, 0.4) is 0 Å². The van der Waals surface area contributed by atoms with Crippen LogP contribution in [0.2, 0.25) is 0 Å². The summed E-state index contributed by atoms with van der Waals surface area (Å²) in [5.74, 6) is 0.112. The number of carbonyl (C=O) groups excluding carboxylic acids is 1. The van der Waals surface area contributed by atoms with Gasteiger partial charge in [0.2, 0.25) is 0 Å². The van der Waals surface area contributed by atoms with Crippen molar-refractivity contribution in [1.82, 2.24) is 19.9 Å². The van der Waals surface area contributed by atoms with Crippen molar-refractivity contribution in [3.63, 3.8) is 0 Å². The van der Waals surface area contributed by atoms with Crippen LogP contribution in [0.5, 0.6) is 5.75 Å². The van der Waals surface area contributed by atoms with Crippen LogP contribution in [-0.2, 0) is 4.74 Å².